The Morgan fingerprint density at radius 2 is 2.04 bits per heavy atom. The van der Waals surface area contributed by atoms with Crippen LogP contribution in [-0.4, -0.2) is 27.7 Å². The zero-order valence-corrected chi connectivity index (χ0v) is 14.2. The molecule has 6 nitrogen and oxygen atoms in total. The number of hydrogen-bond donors (Lipinski definition) is 2. The highest BCUT2D eigenvalue weighted by atomic mass is 19.4. The van der Waals surface area contributed by atoms with Crippen molar-refractivity contribution >= 4 is 5.91 Å². The van der Waals surface area contributed by atoms with Crippen molar-refractivity contribution < 1.29 is 27.6 Å². The molecule has 0 spiro atoms. The average Bonchev–Trinajstić information content (AvgIpc) is 3.05. The van der Waals surface area contributed by atoms with Gasteiger partial charge in [0.25, 0.3) is 0 Å². The summed E-state index contributed by atoms with van der Waals surface area (Å²) in [6.45, 7) is 1.66. The molecule has 1 aromatic carbocycles. The number of aryl methyl sites for hydroxylation is 2. The molecule has 1 amide bonds. The first-order chi connectivity index (χ1) is 12.3. The van der Waals surface area contributed by atoms with Crippen molar-refractivity contribution in [1.29, 1.82) is 0 Å². The van der Waals surface area contributed by atoms with Gasteiger partial charge in [-0.15, -0.1) is 0 Å². The lowest BCUT2D eigenvalue weighted by Gasteiger charge is -2.17. The molecule has 0 saturated heterocycles. The van der Waals surface area contributed by atoms with E-state index in [2.05, 4.69) is 15.5 Å². The average molecular weight is 371 g/mol. The Bertz CT molecular complexity index is 731. The van der Waals surface area contributed by atoms with Crippen LogP contribution in [0.5, 0.6) is 0 Å². The third-order valence-corrected chi connectivity index (χ3v) is 3.67. The Morgan fingerprint density at radius 1 is 1.31 bits per heavy atom. The van der Waals surface area contributed by atoms with E-state index in [1.165, 1.54) is 18.2 Å². The fourth-order valence-corrected chi connectivity index (χ4v) is 2.39. The molecule has 26 heavy (non-hydrogen) atoms. The number of amides is 1. The molecular weight excluding hydrogens is 351 g/mol. The topological polar surface area (TPSA) is 88.2 Å². The number of halogens is 3. The molecule has 142 valence electrons. The summed E-state index contributed by atoms with van der Waals surface area (Å²) in [6, 6.07) is 4.73. The van der Waals surface area contributed by atoms with Crippen molar-refractivity contribution in [2.24, 2.45) is 0 Å². The number of carbonyl (C=O) groups is 1. The van der Waals surface area contributed by atoms with E-state index < -0.39 is 23.8 Å². The summed E-state index contributed by atoms with van der Waals surface area (Å²) in [5, 5.41) is 16.2. The second kappa shape index (κ2) is 8.79. The third-order valence-electron chi connectivity index (χ3n) is 3.67. The second-order valence-corrected chi connectivity index (χ2v) is 5.76. The van der Waals surface area contributed by atoms with Gasteiger partial charge in [0.1, 0.15) is 0 Å². The molecule has 0 fully saturated rings. The molecular formula is C17H20F3N3O3. The van der Waals surface area contributed by atoms with Gasteiger partial charge >= 0.3 is 6.18 Å². The smallest absolute Gasteiger partial charge is 0.387 e. The highest BCUT2D eigenvalue weighted by molar-refractivity contribution is 5.76. The summed E-state index contributed by atoms with van der Waals surface area (Å²) >= 11 is 0. The fraction of sp³-hybridized carbons (Fsp3) is 0.471. The van der Waals surface area contributed by atoms with Crippen LogP contribution >= 0.6 is 0 Å². The molecule has 2 rings (SSSR count). The number of aromatic nitrogens is 2. The lowest BCUT2D eigenvalue weighted by molar-refractivity contribution is -0.139. The number of benzene rings is 1. The van der Waals surface area contributed by atoms with E-state index in [-0.39, 0.29) is 24.9 Å². The van der Waals surface area contributed by atoms with Crippen molar-refractivity contribution in [3.05, 3.63) is 47.1 Å². The van der Waals surface area contributed by atoms with Crippen LogP contribution in [0.4, 0.5) is 13.2 Å². The summed E-state index contributed by atoms with van der Waals surface area (Å²) in [7, 11) is 0. The van der Waals surface area contributed by atoms with Gasteiger partial charge in [0.05, 0.1) is 11.7 Å². The molecule has 1 heterocycles. The quantitative estimate of drug-likeness (QED) is 0.745. The normalized spacial score (nSPS) is 12.8. The van der Waals surface area contributed by atoms with E-state index in [0.717, 1.165) is 12.5 Å². The van der Waals surface area contributed by atoms with Gasteiger partial charge in [0.2, 0.25) is 11.8 Å². The lowest BCUT2D eigenvalue weighted by Crippen LogP contribution is -2.29. The Morgan fingerprint density at radius 3 is 2.73 bits per heavy atom. The van der Waals surface area contributed by atoms with Crippen molar-refractivity contribution in [2.75, 3.05) is 6.54 Å². The van der Waals surface area contributed by atoms with Gasteiger partial charge in [-0.05, 0) is 18.1 Å². The number of nitrogens with one attached hydrogen (secondary N) is 1. The van der Waals surface area contributed by atoms with Crippen molar-refractivity contribution in [3.8, 4) is 0 Å². The molecule has 0 aliphatic heterocycles. The van der Waals surface area contributed by atoms with Crippen LogP contribution in [0.3, 0.4) is 0 Å². The first kappa shape index (κ1) is 19.9. The SMILES string of the molecule is CCCc1noc(CCC(=O)NCC(O)c2ccccc2C(F)(F)F)n1. The number of hydrogen-bond acceptors (Lipinski definition) is 5. The monoisotopic (exact) mass is 371 g/mol. The zero-order chi connectivity index (χ0) is 19.2. The molecule has 0 radical (unpaired) electrons. The highest BCUT2D eigenvalue weighted by Gasteiger charge is 2.34. The van der Waals surface area contributed by atoms with Crippen LogP contribution < -0.4 is 5.32 Å². The van der Waals surface area contributed by atoms with Crippen molar-refractivity contribution in [3.63, 3.8) is 0 Å². The minimum atomic E-state index is -4.57. The molecule has 9 heteroatoms. The lowest BCUT2D eigenvalue weighted by atomic mass is 10.0. The van der Waals surface area contributed by atoms with E-state index in [9.17, 15) is 23.1 Å². The molecule has 0 aliphatic carbocycles. The van der Waals surface area contributed by atoms with E-state index in [4.69, 9.17) is 4.52 Å². The maximum atomic E-state index is 13.0. The van der Waals surface area contributed by atoms with Gasteiger partial charge in [-0.3, -0.25) is 4.79 Å². The predicted molar refractivity (Wildman–Crippen MR) is 86.0 cm³/mol. The van der Waals surface area contributed by atoms with Crippen molar-refractivity contribution in [2.45, 2.75) is 44.9 Å². The molecule has 0 bridgehead atoms. The molecule has 2 aromatic rings. The Labute approximate surface area is 148 Å². The standard InChI is InChI=1S/C17H20F3N3O3/c1-2-5-14-22-16(26-23-14)9-8-15(25)21-10-13(24)11-6-3-4-7-12(11)17(18,19)20/h3-4,6-7,13,24H,2,5,8-10H2,1H3,(H,21,25). The molecule has 1 unspecified atom stereocenters. The van der Waals surface area contributed by atoms with Crippen LogP contribution in [0, 0.1) is 0 Å². The number of aliphatic hydroxyl groups excluding tert-OH is 1. The van der Waals surface area contributed by atoms with Gasteiger partial charge < -0.3 is 14.9 Å². The van der Waals surface area contributed by atoms with Crippen LogP contribution in [0.15, 0.2) is 28.8 Å². The largest absolute Gasteiger partial charge is 0.416 e. The van der Waals surface area contributed by atoms with Crippen LogP contribution in [0.25, 0.3) is 0 Å². The number of nitrogens with zero attached hydrogens (tertiary/aromatic N) is 2. The summed E-state index contributed by atoms with van der Waals surface area (Å²) in [5.41, 5.74) is -1.20. The Kier molecular flexibility index (Phi) is 6.73. The summed E-state index contributed by atoms with van der Waals surface area (Å²) in [5.74, 6) is 0.470. The molecule has 0 saturated carbocycles. The Hall–Kier alpha value is -2.42. The van der Waals surface area contributed by atoms with E-state index in [1.54, 1.807) is 0 Å². The maximum Gasteiger partial charge on any atom is 0.416 e. The highest BCUT2D eigenvalue weighted by Crippen LogP contribution is 2.34. The number of alkyl halides is 3. The fourth-order valence-electron chi connectivity index (χ4n) is 2.39. The first-order valence-electron chi connectivity index (χ1n) is 8.23. The third kappa shape index (κ3) is 5.55. The van der Waals surface area contributed by atoms with E-state index in [0.29, 0.717) is 18.1 Å². The Balaban J connectivity index is 1.85. The van der Waals surface area contributed by atoms with Gasteiger partial charge in [0.15, 0.2) is 5.82 Å². The molecule has 2 N–H and O–H groups in total. The minimum Gasteiger partial charge on any atom is -0.387 e. The predicted octanol–water partition coefficient (Wildman–Crippen LogP) is 2.82. The molecule has 1 aromatic heterocycles. The summed E-state index contributed by atoms with van der Waals surface area (Å²) < 4.78 is 43.9. The molecule has 1 atom stereocenters. The second-order valence-electron chi connectivity index (χ2n) is 5.76. The van der Waals surface area contributed by atoms with Gasteiger partial charge in [-0.1, -0.05) is 30.3 Å². The summed E-state index contributed by atoms with van der Waals surface area (Å²) in [4.78, 5) is 16.0. The number of aliphatic hydroxyl groups is 1. The van der Waals surface area contributed by atoms with Crippen molar-refractivity contribution in [1.82, 2.24) is 15.5 Å². The van der Waals surface area contributed by atoms with Gasteiger partial charge in [-0.25, -0.2) is 0 Å². The number of rotatable bonds is 8. The van der Waals surface area contributed by atoms with Crippen LogP contribution in [0.2, 0.25) is 0 Å². The van der Waals surface area contributed by atoms with E-state index in [1.807, 2.05) is 6.92 Å². The molecule has 0 aliphatic rings. The number of carbonyl (C=O) groups excluding carboxylic acids is 1. The van der Waals surface area contributed by atoms with Gasteiger partial charge in [-0.2, -0.15) is 18.2 Å². The minimum absolute atomic E-state index is 0.0292. The summed E-state index contributed by atoms with van der Waals surface area (Å²) in [6.07, 6.45) is -4.23. The van der Waals surface area contributed by atoms with Crippen LogP contribution in [-0.2, 0) is 23.8 Å². The van der Waals surface area contributed by atoms with Crippen LogP contribution in [0.1, 0.15) is 48.7 Å². The maximum absolute atomic E-state index is 13.0. The van der Waals surface area contributed by atoms with Gasteiger partial charge in [0, 0.05) is 25.8 Å². The van der Waals surface area contributed by atoms with E-state index >= 15 is 0 Å². The zero-order valence-electron chi connectivity index (χ0n) is 14.2. The first-order valence-corrected chi connectivity index (χ1v) is 8.23.